The van der Waals surface area contributed by atoms with Crippen LogP contribution < -0.4 is 4.74 Å². The maximum atomic E-state index is 12.8. The van der Waals surface area contributed by atoms with Crippen LogP contribution in [0.3, 0.4) is 0 Å². The monoisotopic (exact) mass is 472 g/mol. The minimum Gasteiger partial charge on any atom is -0.497 e. The Morgan fingerprint density at radius 1 is 0.912 bits per heavy atom. The third-order valence-electron chi connectivity index (χ3n) is 5.78. The first-order valence-electron chi connectivity index (χ1n) is 10.9. The third kappa shape index (κ3) is 4.20. The molecule has 0 N–H and O–H groups in total. The van der Waals surface area contributed by atoms with Gasteiger partial charge in [0, 0.05) is 23.7 Å². The molecule has 0 spiro atoms. The van der Waals surface area contributed by atoms with E-state index in [1.807, 2.05) is 91.1 Å². The van der Waals surface area contributed by atoms with Crippen molar-refractivity contribution in [2.24, 2.45) is 5.10 Å². The second-order valence-corrected chi connectivity index (χ2v) is 9.95. The van der Waals surface area contributed by atoms with Crippen LogP contribution in [0, 0.1) is 0 Å². The van der Waals surface area contributed by atoms with Gasteiger partial charge < -0.3 is 4.74 Å². The average Bonchev–Trinajstić information content (AvgIpc) is 3.50. The molecule has 172 valence electrons. The van der Waals surface area contributed by atoms with Gasteiger partial charge in [0.15, 0.2) is 0 Å². The molecule has 0 bridgehead atoms. The molecular weight excluding hydrogens is 448 g/mol. The van der Waals surface area contributed by atoms with E-state index >= 15 is 0 Å². The highest BCUT2D eigenvalue weighted by Crippen LogP contribution is 2.40. The van der Waals surface area contributed by atoms with Crippen LogP contribution in [0.25, 0.3) is 16.9 Å². The molecule has 0 aliphatic carbocycles. The minimum absolute atomic E-state index is 0.439. The lowest BCUT2D eigenvalue weighted by Crippen LogP contribution is -2.26. The zero-order chi connectivity index (χ0) is 23.7. The largest absolute Gasteiger partial charge is 0.497 e. The van der Waals surface area contributed by atoms with Crippen molar-refractivity contribution in [3.8, 4) is 22.7 Å². The first kappa shape index (κ1) is 21.9. The van der Waals surface area contributed by atoms with Crippen LogP contribution in [0.1, 0.15) is 23.6 Å². The fourth-order valence-corrected chi connectivity index (χ4v) is 5.07. The van der Waals surface area contributed by atoms with Crippen molar-refractivity contribution in [3.63, 3.8) is 0 Å². The number of sulfonamides is 1. The Hall–Kier alpha value is -3.91. The van der Waals surface area contributed by atoms with Crippen molar-refractivity contribution in [2.45, 2.75) is 12.5 Å². The number of hydrogen-bond acceptors (Lipinski definition) is 5. The number of para-hydroxylation sites is 1. The van der Waals surface area contributed by atoms with Crippen molar-refractivity contribution in [3.05, 3.63) is 102 Å². The van der Waals surface area contributed by atoms with Gasteiger partial charge in [0.2, 0.25) is 10.0 Å². The summed E-state index contributed by atoms with van der Waals surface area (Å²) in [6, 6.07) is 26.5. The third-order valence-corrected chi connectivity index (χ3v) is 6.80. The molecule has 4 aromatic rings. The van der Waals surface area contributed by atoms with Gasteiger partial charge in [0.25, 0.3) is 0 Å². The van der Waals surface area contributed by atoms with Gasteiger partial charge in [-0.25, -0.2) is 13.1 Å². The summed E-state index contributed by atoms with van der Waals surface area (Å²) in [5.74, 6) is 0.699. The quantitative estimate of drug-likeness (QED) is 0.409. The van der Waals surface area contributed by atoms with E-state index < -0.39 is 16.1 Å². The van der Waals surface area contributed by atoms with Gasteiger partial charge in [0.05, 0.1) is 36.5 Å². The SMILES string of the molecule is COc1cccc(-c2nn(-c3ccccc3)cc2C2CC(c3ccccc3)=NN2S(C)(=O)=O)c1. The summed E-state index contributed by atoms with van der Waals surface area (Å²) in [6.07, 6.45) is 3.52. The zero-order valence-electron chi connectivity index (χ0n) is 18.9. The van der Waals surface area contributed by atoms with Gasteiger partial charge in [-0.15, -0.1) is 0 Å². The lowest BCUT2D eigenvalue weighted by Gasteiger charge is -2.21. The molecule has 0 saturated heterocycles. The van der Waals surface area contributed by atoms with Gasteiger partial charge in [-0.2, -0.15) is 14.6 Å². The maximum Gasteiger partial charge on any atom is 0.247 e. The highest BCUT2D eigenvalue weighted by molar-refractivity contribution is 7.88. The van der Waals surface area contributed by atoms with Crippen LogP contribution >= 0.6 is 0 Å². The van der Waals surface area contributed by atoms with Gasteiger partial charge in [0.1, 0.15) is 5.75 Å². The second-order valence-electron chi connectivity index (χ2n) is 8.11. The van der Waals surface area contributed by atoms with E-state index in [0.717, 1.165) is 28.1 Å². The van der Waals surface area contributed by atoms with Gasteiger partial charge in [-0.05, 0) is 29.8 Å². The summed E-state index contributed by atoms with van der Waals surface area (Å²) < 4.78 is 34.0. The zero-order valence-corrected chi connectivity index (χ0v) is 19.7. The summed E-state index contributed by atoms with van der Waals surface area (Å²) in [5.41, 5.74) is 4.80. The van der Waals surface area contributed by atoms with E-state index in [-0.39, 0.29) is 0 Å². The van der Waals surface area contributed by atoms with Gasteiger partial charge >= 0.3 is 0 Å². The van der Waals surface area contributed by atoms with Crippen molar-refractivity contribution in [1.82, 2.24) is 14.2 Å². The first-order valence-corrected chi connectivity index (χ1v) is 12.7. The smallest absolute Gasteiger partial charge is 0.247 e. The fourth-order valence-electron chi connectivity index (χ4n) is 4.17. The lowest BCUT2D eigenvalue weighted by molar-refractivity contribution is 0.375. The van der Waals surface area contributed by atoms with E-state index in [9.17, 15) is 8.42 Å². The molecule has 34 heavy (non-hydrogen) atoms. The van der Waals surface area contributed by atoms with Gasteiger partial charge in [-0.3, -0.25) is 0 Å². The number of nitrogens with zero attached hydrogens (tertiary/aromatic N) is 4. The average molecular weight is 473 g/mol. The van der Waals surface area contributed by atoms with Crippen LogP contribution in [-0.4, -0.2) is 41.7 Å². The molecule has 8 heteroatoms. The molecule has 0 amide bonds. The lowest BCUT2D eigenvalue weighted by atomic mass is 9.97. The predicted octanol–water partition coefficient (Wildman–Crippen LogP) is 4.66. The van der Waals surface area contributed by atoms with Crippen molar-refractivity contribution in [2.75, 3.05) is 13.4 Å². The molecule has 7 nitrogen and oxygen atoms in total. The number of methoxy groups -OCH3 is 1. The normalized spacial score (nSPS) is 15.9. The van der Waals surface area contributed by atoms with Crippen LogP contribution in [0.15, 0.2) is 96.2 Å². The molecule has 0 radical (unpaired) electrons. The molecular formula is C26H24N4O3S. The fraction of sp³-hybridized carbons (Fsp3) is 0.154. The molecule has 1 aromatic heterocycles. The predicted molar refractivity (Wildman–Crippen MR) is 133 cm³/mol. The summed E-state index contributed by atoms with van der Waals surface area (Å²) in [6.45, 7) is 0. The van der Waals surface area contributed by atoms with Crippen LogP contribution in [0.2, 0.25) is 0 Å². The molecule has 0 fully saturated rings. The summed E-state index contributed by atoms with van der Waals surface area (Å²) in [5, 5.41) is 9.41. The number of hydrazone groups is 1. The van der Waals surface area contributed by atoms with Gasteiger partial charge in [-0.1, -0.05) is 60.7 Å². The highest BCUT2D eigenvalue weighted by atomic mass is 32.2. The molecule has 5 rings (SSSR count). The molecule has 2 heterocycles. The molecule has 0 saturated carbocycles. The van der Waals surface area contributed by atoms with Crippen molar-refractivity contribution >= 4 is 15.7 Å². The van der Waals surface area contributed by atoms with Crippen LogP contribution in [0.5, 0.6) is 5.75 Å². The Bertz CT molecular complexity index is 1450. The topological polar surface area (TPSA) is 76.8 Å². The van der Waals surface area contributed by atoms with Crippen molar-refractivity contribution in [1.29, 1.82) is 0 Å². The molecule has 3 aromatic carbocycles. The number of benzene rings is 3. The maximum absolute atomic E-state index is 12.8. The van der Waals surface area contributed by atoms with Crippen LogP contribution in [-0.2, 0) is 10.0 Å². The minimum atomic E-state index is -3.62. The number of aromatic nitrogens is 2. The highest BCUT2D eigenvalue weighted by Gasteiger charge is 2.37. The molecule has 1 atom stereocenters. The van der Waals surface area contributed by atoms with E-state index in [1.165, 1.54) is 10.7 Å². The molecule has 1 unspecified atom stereocenters. The molecule has 1 aliphatic rings. The Kier molecular flexibility index (Phi) is 5.67. The molecule has 1 aliphatic heterocycles. The Labute approximate surface area is 199 Å². The summed E-state index contributed by atoms with van der Waals surface area (Å²) in [4.78, 5) is 0. The van der Waals surface area contributed by atoms with E-state index in [0.29, 0.717) is 17.9 Å². The van der Waals surface area contributed by atoms with E-state index in [2.05, 4.69) is 5.10 Å². The number of hydrogen-bond donors (Lipinski definition) is 0. The number of ether oxygens (including phenoxy) is 1. The van der Waals surface area contributed by atoms with E-state index in [4.69, 9.17) is 9.84 Å². The Morgan fingerprint density at radius 2 is 1.59 bits per heavy atom. The first-order chi connectivity index (χ1) is 16.4. The summed E-state index contributed by atoms with van der Waals surface area (Å²) >= 11 is 0. The second kappa shape index (κ2) is 8.79. The summed E-state index contributed by atoms with van der Waals surface area (Å²) in [7, 11) is -2.01. The standard InChI is InChI=1S/C26H24N4O3S/c1-33-22-15-9-12-20(16-22)26-23(18-29(28-26)21-13-7-4-8-14-21)25-17-24(19-10-5-3-6-11-19)27-30(25)34(2,31)32/h3-16,18,25H,17H2,1-2H3. The van der Waals surface area contributed by atoms with Crippen molar-refractivity contribution < 1.29 is 13.2 Å². The Morgan fingerprint density at radius 3 is 2.26 bits per heavy atom. The van der Waals surface area contributed by atoms with E-state index in [1.54, 1.807) is 11.8 Å². The van der Waals surface area contributed by atoms with Crippen LogP contribution in [0.4, 0.5) is 0 Å². The Balaban J connectivity index is 1.66. The number of rotatable bonds is 6.